The first-order valence-corrected chi connectivity index (χ1v) is 4.72. The molecule has 0 aliphatic carbocycles. The van der Waals surface area contributed by atoms with Gasteiger partial charge in [0.15, 0.2) is 0 Å². The summed E-state index contributed by atoms with van der Waals surface area (Å²) in [5, 5.41) is 0. The lowest BCUT2D eigenvalue weighted by molar-refractivity contribution is 0.0964. The molecule has 0 aromatic carbocycles. The molecule has 0 radical (unpaired) electrons. The summed E-state index contributed by atoms with van der Waals surface area (Å²) >= 11 is 0. The first kappa shape index (κ1) is 11.9. The van der Waals surface area contributed by atoms with Crippen molar-refractivity contribution in [1.29, 1.82) is 0 Å². The zero-order valence-corrected chi connectivity index (χ0v) is 9.03. The molecule has 72 valence electrons. The average Bonchev–Trinajstić information content (AvgIpc) is 2.01. The molecular weight excluding hydrogens is 160 g/mol. The Bertz CT molecular complexity index is 236. The highest BCUT2D eigenvalue weighted by Crippen LogP contribution is 2.04. The van der Waals surface area contributed by atoms with Crippen LogP contribution in [0, 0.1) is 23.9 Å². The van der Waals surface area contributed by atoms with Crippen LogP contribution < -0.4 is 0 Å². The Labute approximate surface area is 81.9 Å². The second-order valence-electron chi connectivity index (χ2n) is 3.85. The standard InChI is InChI=1S/C12H18O/c1-5-6-7-8-9-10-11-13-12(2,3)4/h5-7H2,1-4H3. The lowest BCUT2D eigenvalue weighted by Crippen LogP contribution is -2.15. The van der Waals surface area contributed by atoms with E-state index in [0.717, 1.165) is 12.8 Å². The van der Waals surface area contributed by atoms with Gasteiger partial charge in [-0.15, -0.1) is 0 Å². The van der Waals surface area contributed by atoms with Gasteiger partial charge in [-0.25, -0.2) is 0 Å². The van der Waals surface area contributed by atoms with E-state index in [2.05, 4.69) is 30.8 Å². The number of hydrogen-bond acceptors (Lipinski definition) is 1. The van der Waals surface area contributed by atoms with Gasteiger partial charge in [0.05, 0.1) is 0 Å². The van der Waals surface area contributed by atoms with E-state index in [1.54, 1.807) is 0 Å². The van der Waals surface area contributed by atoms with E-state index in [9.17, 15) is 0 Å². The van der Waals surface area contributed by atoms with Crippen molar-refractivity contribution in [3.8, 4) is 23.9 Å². The average molecular weight is 178 g/mol. The third kappa shape index (κ3) is 10.9. The maximum atomic E-state index is 5.17. The summed E-state index contributed by atoms with van der Waals surface area (Å²) in [7, 11) is 0. The van der Waals surface area contributed by atoms with E-state index in [1.807, 2.05) is 20.8 Å². The fraction of sp³-hybridized carbons (Fsp3) is 0.667. The van der Waals surface area contributed by atoms with Crippen LogP contribution in [0.5, 0.6) is 0 Å². The van der Waals surface area contributed by atoms with Crippen LogP contribution in [0.25, 0.3) is 0 Å². The van der Waals surface area contributed by atoms with E-state index in [0.29, 0.717) is 0 Å². The van der Waals surface area contributed by atoms with Gasteiger partial charge in [-0.1, -0.05) is 19.3 Å². The van der Waals surface area contributed by atoms with Crippen molar-refractivity contribution in [3.63, 3.8) is 0 Å². The van der Waals surface area contributed by atoms with Crippen LogP contribution >= 0.6 is 0 Å². The fourth-order valence-corrected chi connectivity index (χ4v) is 0.576. The van der Waals surface area contributed by atoms with Crippen LogP contribution in [-0.2, 0) is 4.74 Å². The van der Waals surface area contributed by atoms with Gasteiger partial charge >= 0.3 is 0 Å². The Morgan fingerprint density at radius 1 is 1.15 bits per heavy atom. The number of unbranched alkanes of at least 4 members (excludes halogenated alkanes) is 2. The first-order chi connectivity index (χ1) is 6.06. The highest BCUT2D eigenvalue weighted by Gasteiger charge is 2.07. The number of rotatable bonds is 2. The van der Waals surface area contributed by atoms with Crippen molar-refractivity contribution in [2.45, 2.75) is 52.6 Å². The van der Waals surface area contributed by atoms with Crippen LogP contribution in [0.1, 0.15) is 47.0 Å². The van der Waals surface area contributed by atoms with E-state index < -0.39 is 0 Å². The van der Waals surface area contributed by atoms with E-state index in [-0.39, 0.29) is 5.60 Å². The molecule has 1 nitrogen and oxygen atoms in total. The SMILES string of the molecule is CCCCC#CC#COC(C)(C)C. The Morgan fingerprint density at radius 2 is 1.85 bits per heavy atom. The van der Waals surface area contributed by atoms with Gasteiger partial charge in [-0.2, -0.15) is 0 Å². The topological polar surface area (TPSA) is 9.23 Å². The molecule has 13 heavy (non-hydrogen) atoms. The third-order valence-corrected chi connectivity index (χ3v) is 1.21. The monoisotopic (exact) mass is 178 g/mol. The smallest absolute Gasteiger partial charge is 0.125 e. The minimum Gasteiger partial charge on any atom is -0.440 e. The minimum absolute atomic E-state index is 0.196. The van der Waals surface area contributed by atoms with Crippen LogP contribution in [0.15, 0.2) is 0 Å². The van der Waals surface area contributed by atoms with Gasteiger partial charge in [0.25, 0.3) is 0 Å². The number of ether oxygens (including phenoxy) is 1. The summed E-state index contributed by atoms with van der Waals surface area (Å²) < 4.78 is 5.17. The van der Waals surface area contributed by atoms with Gasteiger partial charge in [-0.3, -0.25) is 0 Å². The lowest BCUT2D eigenvalue weighted by atomic mass is 10.2. The van der Waals surface area contributed by atoms with Gasteiger partial charge < -0.3 is 4.74 Å². The summed E-state index contributed by atoms with van der Waals surface area (Å²) in [4.78, 5) is 0. The molecule has 0 atom stereocenters. The van der Waals surface area contributed by atoms with Crippen molar-refractivity contribution in [2.24, 2.45) is 0 Å². The van der Waals surface area contributed by atoms with Crippen molar-refractivity contribution < 1.29 is 4.74 Å². The molecule has 0 heterocycles. The van der Waals surface area contributed by atoms with Crippen LogP contribution in [0.2, 0.25) is 0 Å². The van der Waals surface area contributed by atoms with Crippen molar-refractivity contribution >= 4 is 0 Å². The Kier molecular flexibility index (Phi) is 5.90. The molecule has 0 bridgehead atoms. The Balaban J connectivity index is 3.65. The van der Waals surface area contributed by atoms with Gasteiger partial charge in [-0.05, 0) is 33.1 Å². The Morgan fingerprint density at radius 3 is 2.38 bits per heavy atom. The lowest BCUT2D eigenvalue weighted by Gasteiger charge is -2.13. The number of hydrogen-bond donors (Lipinski definition) is 0. The first-order valence-electron chi connectivity index (χ1n) is 4.72. The maximum absolute atomic E-state index is 5.17. The largest absolute Gasteiger partial charge is 0.440 e. The zero-order chi connectivity index (χ0) is 10.2. The molecule has 0 saturated heterocycles. The van der Waals surface area contributed by atoms with Crippen LogP contribution in [-0.4, -0.2) is 5.60 Å². The molecule has 0 saturated carbocycles. The minimum atomic E-state index is -0.196. The summed E-state index contributed by atoms with van der Waals surface area (Å²) in [6, 6.07) is 0. The fourth-order valence-electron chi connectivity index (χ4n) is 0.576. The molecule has 0 aliphatic rings. The second kappa shape index (κ2) is 6.44. The van der Waals surface area contributed by atoms with E-state index in [1.165, 1.54) is 6.42 Å². The molecule has 1 heteroatoms. The molecule has 0 unspecified atom stereocenters. The maximum Gasteiger partial charge on any atom is 0.125 e. The summed E-state index contributed by atoms with van der Waals surface area (Å²) in [6.45, 7) is 8.04. The summed E-state index contributed by atoms with van der Waals surface area (Å²) in [5.74, 6) is 8.39. The highest BCUT2D eigenvalue weighted by atomic mass is 16.5. The molecule has 0 spiro atoms. The van der Waals surface area contributed by atoms with Crippen LogP contribution in [0.3, 0.4) is 0 Å². The molecular formula is C12H18O. The van der Waals surface area contributed by atoms with Crippen molar-refractivity contribution in [2.75, 3.05) is 0 Å². The molecule has 0 N–H and O–H groups in total. The summed E-state index contributed by atoms with van der Waals surface area (Å²) in [5.41, 5.74) is -0.196. The molecule has 0 rings (SSSR count). The predicted molar refractivity (Wildman–Crippen MR) is 55.9 cm³/mol. The normalized spacial score (nSPS) is 9.23. The second-order valence-corrected chi connectivity index (χ2v) is 3.85. The predicted octanol–water partition coefficient (Wildman–Crippen LogP) is 2.96. The van der Waals surface area contributed by atoms with Gasteiger partial charge in [0, 0.05) is 12.3 Å². The molecule has 0 fully saturated rings. The molecule has 0 aliphatic heterocycles. The van der Waals surface area contributed by atoms with E-state index in [4.69, 9.17) is 4.74 Å². The van der Waals surface area contributed by atoms with Crippen molar-refractivity contribution in [1.82, 2.24) is 0 Å². The molecule has 0 aromatic rings. The quantitative estimate of drug-likeness (QED) is 0.466. The molecule has 0 amide bonds. The molecule has 0 aromatic heterocycles. The van der Waals surface area contributed by atoms with Gasteiger partial charge in [0.2, 0.25) is 0 Å². The van der Waals surface area contributed by atoms with E-state index >= 15 is 0 Å². The summed E-state index contributed by atoms with van der Waals surface area (Å²) in [6.07, 6.45) is 5.84. The zero-order valence-electron chi connectivity index (χ0n) is 9.03. The van der Waals surface area contributed by atoms with Crippen molar-refractivity contribution in [3.05, 3.63) is 0 Å². The van der Waals surface area contributed by atoms with Crippen LogP contribution in [0.4, 0.5) is 0 Å². The van der Waals surface area contributed by atoms with Gasteiger partial charge in [0.1, 0.15) is 11.7 Å². The third-order valence-electron chi connectivity index (χ3n) is 1.21. The Hall–Kier alpha value is -1.08. The highest BCUT2D eigenvalue weighted by molar-refractivity contribution is 5.23.